The highest BCUT2D eigenvalue weighted by Gasteiger charge is 2.22. The molecule has 0 aliphatic heterocycles. The molecule has 0 radical (unpaired) electrons. The predicted octanol–water partition coefficient (Wildman–Crippen LogP) is 0.0190. The van der Waals surface area contributed by atoms with Crippen LogP contribution in [0.25, 0.3) is 0 Å². The number of anilines is 1. The first-order valence-corrected chi connectivity index (χ1v) is 9.97. The van der Waals surface area contributed by atoms with Crippen molar-refractivity contribution in [1.82, 2.24) is 4.72 Å². The Kier molecular flexibility index (Phi) is 6.03. The SMILES string of the molecule is COc1ccc(OC)c(N(CCNS(C)(=O)=O)S(C)(=O)=O)c1. The minimum absolute atomic E-state index is 0.0632. The number of sulfonamides is 2. The van der Waals surface area contributed by atoms with Crippen molar-refractivity contribution in [3.63, 3.8) is 0 Å². The van der Waals surface area contributed by atoms with Crippen molar-refractivity contribution in [2.45, 2.75) is 0 Å². The van der Waals surface area contributed by atoms with Gasteiger partial charge in [-0.05, 0) is 12.1 Å². The summed E-state index contributed by atoms with van der Waals surface area (Å²) in [7, 11) is -4.16. The lowest BCUT2D eigenvalue weighted by Crippen LogP contribution is -2.38. The molecule has 126 valence electrons. The second-order valence-electron chi connectivity index (χ2n) is 4.54. The minimum Gasteiger partial charge on any atom is -0.497 e. The van der Waals surface area contributed by atoms with Gasteiger partial charge in [-0.3, -0.25) is 4.31 Å². The lowest BCUT2D eigenvalue weighted by molar-refractivity contribution is 0.403. The molecule has 1 aromatic rings. The standard InChI is InChI=1S/C12H20N2O6S2/c1-19-10-5-6-12(20-2)11(9-10)14(22(4,17)18)8-7-13-21(3,15)16/h5-6,9,13H,7-8H2,1-4H3. The van der Waals surface area contributed by atoms with Gasteiger partial charge in [-0.25, -0.2) is 21.6 Å². The Labute approximate surface area is 131 Å². The van der Waals surface area contributed by atoms with Crippen molar-refractivity contribution >= 4 is 25.7 Å². The smallest absolute Gasteiger partial charge is 0.232 e. The summed E-state index contributed by atoms with van der Waals surface area (Å²) in [5.41, 5.74) is 0.277. The summed E-state index contributed by atoms with van der Waals surface area (Å²) in [6.07, 6.45) is 2.04. The van der Waals surface area contributed by atoms with Gasteiger partial charge in [0.05, 0.1) is 32.4 Å². The summed E-state index contributed by atoms with van der Waals surface area (Å²) in [6.45, 7) is -0.137. The Hall–Kier alpha value is -1.52. The van der Waals surface area contributed by atoms with Gasteiger partial charge < -0.3 is 9.47 Å². The fourth-order valence-corrected chi connectivity index (χ4v) is 3.17. The molecule has 10 heteroatoms. The fraction of sp³-hybridized carbons (Fsp3) is 0.500. The van der Waals surface area contributed by atoms with Crippen LogP contribution >= 0.6 is 0 Å². The van der Waals surface area contributed by atoms with E-state index in [0.717, 1.165) is 16.8 Å². The van der Waals surface area contributed by atoms with Gasteiger partial charge in [0.25, 0.3) is 0 Å². The van der Waals surface area contributed by atoms with Crippen LogP contribution in [0.15, 0.2) is 18.2 Å². The highest BCUT2D eigenvalue weighted by atomic mass is 32.2. The second kappa shape index (κ2) is 7.16. The molecule has 0 aliphatic rings. The number of rotatable bonds is 8. The minimum atomic E-state index is -3.63. The molecule has 1 N–H and O–H groups in total. The van der Waals surface area contributed by atoms with E-state index in [1.165, 1.54) is 20.3 Å². The van der Waals surface area contributed by atoms with Crippen LogP contribution < -0.4 is 18.5 Å². The highest BCUT2D eigenvalue weighted by Crippen LogP contribution is 2.33. The third-order valence-corrected chi connectivity index (χ3v) is 4.64. The van der Waals surface area contributed by atoms with Gasteiger partial charge >= 0.3 is 0 Å². The quantitative estimate of drug-likeness (QED) is 0.708. The number of methoxy groups -OCH3 is 2. The zero-order chi connectivity index (χ0) is 17.0. The molecule has 8 nitrogen and oxygen atoms in total. The zero-order valence-electron chi connectivity index (χ0n) is 12.9. The summed E-state index contributed by atoms with van der Waals surface area (Å²) in [6, 6.07) is 4.73. The number of nitrogens with one attached hydrogen (secondary N) is 1. The van der Waals surface area contributed by atoms with E-state index in [9.17, 15) is 16.8 Å². The Bertz CT molecular complexity index is 715. The third-order valence-electron chi connectivity index (χ3n) is 2.73. The summed E-state index contributed by atoms with van der Waals surface area (Å²) >= 11 is 0. The van der Waals surface area contributed by atoms with E-state index in [4.69, 9.17) is 9.47 Å². The van der Waals surface area contributed by atoms with Crippen LogP contribution in [0.3, 0.4) is 0 Å². The van der Waals surface area contributed by atoms with E-state index >= 15 is 0 Å². The molecule has 0 aliphatic carbocycles. The predicted molar refractivity (Wildman–Crippen MR) is 84.6 cm³/mol. The van der Waals surface area contributed by atoms with Crippen molar-refractivity contribution in [1.29, 1.82) is 0 Å². The van der Waals surface area contributed by atoms with E-state index in [2.05, 4.69) is 4.72 Å². The van der Waals surface area contributed by atoms with E-state index in [-0.39, 0.29) is 18.8 Å². The molecule has 0 spiro atoms. The average Bonchev–Trinajstić information content (AvgIpc) is 2.40. The molecule has 0 bridgehead atoms. The van der Waals surface area contributed by atoms with Crippen LogP contribution in [0.1, 0.15) is 0 Å². The molecule has 0 saturated heterocycles. The molecule has 0 amide bonds. The molecule has 0 unspecified atom stereocenters. The Morgan fingerprint density at radius 1 is 1.09 bits per heavy atom. The first-order valence-electron chi connectivity index (χ1n) is 6.23. The average molecular weight is 352 g/mol. The Morgan fingerprint density at radius 2 is 1.73 bits per heavy atom. The summed E-state index contributed by atoms with van der Waals surface area (Å²) < 4.78 is 59.8. The van der Waals surface area contributed by atoms with Crippen molar-refractivity contribution in [2.24, 2.45) is 0 Å². The van der Waals surface area contributed by atoms with Crippen molar-refractivity contribution in [3.05, 3.63) is 18.2 Å². The van der Waals surface area contributed by atoms with Crippen molar-refractivity contribution in [2.75, 3.05) is 44.1 Å². The van der Waals surface area contributed by atoms with Crippen LogP contribution in [0.5, 0.6) is 11.5 Å². The lowest BCUT2D eigenvalue weighted by atomic mass is 10.2. The molecule has 1 aromatic carbocycles. The maximum absolute atomic E-state index is 12.0. The molecule has 0 heterocycles. The third kappa shape index (κ3) is 5.35. The largest absolute Gasteiger partial charge is 0.497 e. The summed E-state index contributed by atoms with van der Waals surface area (Å²) in [4.78, 5) is 0. The van der Waals surface area contributed by atoms with Gasteiger partial charge in [-0.15, -0.1) is 0 Å². The molecule has 0 aromatic heterocycles. The van der Waals surface area contributed by atoms with Gasteiger partial charge in [0.2, 0.25) is 20.0 Å². The monoisotopic (exact) mass is 352 g/mol. The molecular formula is C12H20N2O6S2. The van der Waals surface area contributed by atoms with Gasteiger partial charge in [0, 0.05) is 19.2 Å². The number of ether oxygens (including phenoxy) is 2. The van der Waals surface area contributed by atoms with Gasteiger partial charge in [0.1, 0.15) is 11.5 Å². The number of nitrogens with zero attached hydrogens (tertiary/aromatic N) is 1. The highest BCUT2D eigenvalue weighted by molar-refractivity contribution is 7.92. The van der Waals surface area contributed by atoms with E-state index in [1.807, 2.05) is 0 Å². The van der Waals surface area contributed by atoms with Crippen LogP contribution in [0, 0.1) is 0 Å². The van der Waals surface area contributed by atoms with Crippen LogP contribution in [-0.4, -0.2) is 56.7 Å². The van der Waals surface area contributed by atoms with Crippen molar-refractivity contribution < 1.29 is 26.3 Å². The molecule has 0 atom stereocenters. The normalized spacial score (nSPS) is 12.0. The van der Waals surface area contributed by atoms with E-state index in [1.54, 1.807) is 12.1 Å². The van der Waals surface area contributed by atoms with Crippen LogP contribution in [0.2, 0.25) is 0 Å². The Balaban J connectivity index is 3.17. The van der Waals surface area contributed by atoms with Crippen molar-refractivity contribution in [3.8, 4) is 11.5 Å². The zero-order valence-corrected chi connectivity index (χ0v) is 14.5. The van der Waals surface area contributed by atoms with Crippen LogP contribution in [0.4, 0.5) is 5.69 Å². The Morgan fingerprint density at radius 3 is 2.18 bits per heavy atom. The molecule has 0 saturated carbocycles. The first kappa shape index (κ1) is 18.5. The number of hydrogen-bond acceptors (Lipinski definition) is 6. The number of benzene rings is 1. The molecular weight excluding hydrogens is 332 g/mol. The van der Waals surface area contributed by atoms with Gasteiger partial charge in [-0.1, -0.05) is 0 Å². The maximum Gasteiger partial charge on any atom is 0.232 e. The first-order chi connectivity index (χ1) is 10.1. The lowest BCUT2D eigenvalue weighted by Gasteiger charge is -2.24. The molecule has 22 heavy (non-hydrogen) atoms. The number of hydrogen-bond donors (Lipinski definition) is 1. The maximum atomic E-state index is 12.0. The topological polar surface area (TPSA) is 102 Å². The van der Waals surface area contributed by atoms with Gasteiger partial charge in [-0.2, -0.15) is 0 Å². The van der Waals surface area contributed by atoms with E-state index in [0.29, 0.717) is 11.5 Å². The summed E-state index contributed by atoms with van der Waals surface area (Å²) in [5, 5.41) is 0. The van der Waals surface area contributed by atoms with Gasteiger partial charge in [0.15, 0.2) is 0 Å². The van der Waals surface area contributed by atoms with E-state index < -0.39 is 20.0 Å². The fourth-order valence-electron chi connectivity index (χ4n) is 1.79. The molecule has 0 fully saturated rings. The second-order valence-corrected chi connectivity index (χ2v) is 8.28. The van der Waals surface area contributed by atoms with Crippen LogP contribution in [-0.2, 0) is 20.0 Å². The summed E-state index contributed by atoms with van der Waals surface area (Å²) in [5.74, 6) is 0.797. The molecule has 1 rings (SSSR count).